The third kappa shape index (κ3) is 3.72. The monoisotopic (exact) mass is 349 g/mol. The first kappa shape index (κ1) is 16.2. The van der Waals surface area contributed by atoms with Crippen LogP contribution in [0.3, 0.4) is 0 Å². The van der Waals surface area contributed by atoms with E-state index in [2.05, 4.69) is 60.2 Å². The summed E-state index contributed by atoms with van der Waals surface area (Å²) in [6.07, 6.45) is 0.856. The van der Waals surface area contributed by atoms with Crippen molar-refractivity contribution in [1.29, 1.82) is 0 Å². The zero-order valence-corrected chi connectivity index (χ0v) is 14.3. The van der Waals surface area contributed by atoms with Gasteiger partial charge in [-0.1, -0.05) is 37.3 Å². The average molecular weight is 350 g/mol. The molecule has 0 amide bonds. The number of benzene rings is 2. The third-order valence-electron chi connectivity index (χ3n) is 3.86. The number of halogens is 2. The molecule has 0 aliphatic heterocycles. The first-order valence-corrected chi connectivity index (χ1v) is 8.06. The predicted molar refractivity (Wildman–Crippen MR) is 90.1 cm³/mol. The Balaban J connectivity index is 2.38. The molecule has 0 heterocycles. The Morgan fingerprint density at radius 1 is 1.10 bits per heavy atom. The van der Waals surface area contributed by atoms with E-state index in [1.54, 1.807) is 6.07 Å². The minimum atomic E-state index is -0.211. The molecule has 2 aromatic rings. The first-order chi connectivity index (χ1) is 10.0. The van der Waals surface area contributed by atoms with Crippen molar-refractivity contribution in [1.82, 2.24) is 5.32 Å². The first-order valence-electron chi connectivity index (χ1n) is 7.27. The fourth-order valence-electron chi connectivity index (χ4n) is 2.70. The summed E-state index contributed by atoms with van der Waals surface area (Å²) in [7, 11) is 0. The highest BCUT2D eigenvalue weighted by atomic mass is 79.9. The molecule has 0 aliphatic carbocycles. The predicted octanol–water partition coefficient (Wildman–Crippen LogP) is 5.10. The summed E-state index contributed by atoms with van der Waals surface area (Å²) in [5.41, 5.74) is 4.87. The summed E-state index contributed by atoms with van der Waals surface area (Å²) >= 11 is 3.39. The fourth-order valence-corrected chi connectivity index (χ4v) is 3.24. The summed E-state index contributed by atoms with van der Waals surface area (Å²) in [5.74, 6) is -0.211. The van der Waals surface area contributed by atoms with Crippen molar-refractivity contribution in [3.63, 3.8) is 0 Å². The van der Waals surface area contributed by atoms with Gasteiger partial charge in [0.05, 0.1) is 4.47 Å². The van der Waals surface area contributed by atoms with Crippen LogP contribution in [0.25, 0.3) is 0 Å². The minimum absolute atomic E-state index is 0.0971. The van der Waals surface area contributed by atoms with Crippen LogP contribution in [-0.4, -0.2) is 6.54 Å². The lowest BCUT2D eigenvalue weighted by Crippen LogP contribution is -2.24. The quantitative estimate of drug-likeness (QED) is 0.791. The lowest BCUT2D eigenvalue weighted by Gasteiger charge is -2.22. The van der Waals surface area contributed by atoms with Gasteiger partial charge in [0, 0.05) is 6.04 Å². The van der Waals surface area contributed by atoms with Crippen LogP contribution in [0.1, 0.15) is 35.2 Å². The number of hydrogen-bond donors (Lipinski definition) is 1. The molecule has 1 atom stereocenters. The summed E-state index contributed by atoms with van der Waals surface area (Å²) < 4.78 is 14.4. The summed E-state index contributed by atoms with van der Waals surface area (Å²) in [5, 5.41) is 3.47. The topological polar surface area (TPSA) is 12.0 Å². The Morgan fingerprint density at radius 3 is 2.33 bits per heavy atom. The maximum atomic E-state index is 13.8. The molecule has 0 aliphatic rings. The Kier molecular flexibility index (Phi) is 5.54. The molecule has 1 unspecified atom stereocenters. The Labute approximate surface area is 134 Å². The van der Waals surface area contributed by atoms with Crippen LogP contribution in [0.15, 0.2) is 40.9 Å². The van der Waals surface area contributed by atoms with Gasteiger partial charge in [-0.05, 0) is 71.1 Å². The van der Waals surface area contributed by atoms with E-state index in [-0.39, 0.29) is 11.9 Å². The molecule has 0 radical (unpaired) electrons. The van der Waals surface area contributed by atoms with Crippen LogP contribution in [0, 0.1) is 19.7 Å². The van der Waals surface area contributed by atoms with E-state index >= 15 is 0 Å². The second-order valence-corrected chi connectivity index (χ2v) is 6.12. The molecule has 0 bridgehead atoms. The number of likely N-dealkylation sites (N-methyl/N-ethyl adjacent to an activating group) is 1. The lowest BCUT2D eigenvalue weighted by atomic mass is 9.93. The van der Waals surface area contributed by atoms with Crippen LogP contribution < -0.4 is 5.32 Å². The molecule has 1 N–H and O–H groups in total. The summed E-state index contributed by atoms with van der Waals surface area (Å²) in [4.78, 5) is 0. The fraction of sp³-hybridized carbons (Fsp3) is 0.333. The highest BCUT2D eigenvalue weighted by Gasteiger charge is 2.18. The van der Waals surface area contributed by atoms with Crippen LogP contribution in [0.5, 0.6) is 0 Å². The van der Waals surface area contributed by atoms with E-state index in [4.69, 9.17) is 0 Å². The molecular formula is C18H21BrFN. The molecule has 3 heteroatoms. The van der Waals surface area contributed by atoms with Crippen molar-refractivity contribution in [3.05, 3.63) is 68.9 Å². The molecule has 0 saturated carbocycles. The van der Waals surface area contributed by atoms with Crippen molar-refractivity contribution < 1.29 is 4.39 Å². The second kappa shape index (κ2) is 7.19. The average Bonchev–Trinajstić information content (AvgIpc) is 2.45. The van der Waals surface area contributed by atoms with Crippen molar-refractivity contribution >= 4 is 15.9 Å². The lowest BCUT2D eigenvalue weighted by molar-refractivity contribution is 0.537. The largest absolute Gasteiger partial charge is 0.310 e. The Morgan fingerprint density at radius 2 is 1.71 bits per heavy atom. The molecule has 112 valence electrons. The number of aryl methyl sites for hydroxylation is 2. The zero-order chi connectivity index (χ0) is 15.4. The van der Waals surface area contributed by atoms with Gasteiger partial charge in [0.25, 0.3) is 0 Å². The van der Waals surface area contributed by atoms with Gasteiger partial charge >= 0.3 is 0 Å². The number of hydrogen-bond acceptors (Lipinski definition) is 1. The smallest absolute Gasteiger partial charge is 0.137 e. The van der Waals surface area contributed by atoms with Gasteiger partial charge in [0.1, 0.15) is 5.82 Å². The minimum Gasteiger partial charge on any atom is -0.310 e. The zero-order valence-electron chi connectivity index (χ0n) is 12.7. The van der Waals surface area contributed by atoms with E-state index in [1.165, 1.54) is 22.8 Å². The maximum absolute atomic E-state index is 13.8. The number of rotatable bonds is 5. The number of nitrogens with one attached hydrogen (secondary N) is 1. The van der Waals surface area contributed by atoms with Gasteiger partial charge in [0.2, 0.25) is 0 Å². The summed E-state index contributed by atoms with van der Waals surface area (Å²) in [6.45, 7) is 7.18. The van der Waals surface area contributed by atoms with Crippen LogP contribution in [-0.2, 0) is 6.42 Å². The van der Waals surface area contributed by atoms with E-state index in [9.17, 15) is 4.39 Å². The van der Waals surface area contributed by atoms with Gasteiger partial charge in [0.15, 0.2) is 0 Å². The summed E-state index contributed by atoms with van der Waals surface area (Å²) in [6, 6.07) is 11.7. The van der Waals surface area contributed by atoms with Crippen molar-refractivity contribution in [3.8, 4) is 0 Å². The van der Waals surface area contributed by atoms with Crippen LogP contribution >= 0.6 is 15.9 Å². The van der Waals surface area contributed by atoms with Crippen molar-refractivity contribution in [2.24, 2.45) is 0 Å². The normalized spacial score (nSPS) is 12.4. The maximum Gasteiger partial charge on any atom is 0.137 e. The molecule has 1 nitrogen and oxygen atoms in total. The Bertz CT molecular complexity index is 604. The second-order valence-electron chi connectivity index (χ2n) is 5.33. The van der Waals surface area contributed by atoms with Gasteiger partial charge in [-0.25, -0.2) is 4.39 Å². The van der Waals surface area contributed by atoms with Crippen molar-refractivity contribution in [2.75, 3.05) is 6.54 Å². The van der Waals surface area contributed by atoms with Gasteiger partial charge in [-0.15, -0.1) is 0 Å². The molecule has 0 spiro atoms. The van der Waals surface area contributed by atoms with E-state index in [0.717, 1.165) is 18.5 Å². The van der Waals surface area contributed by atoms with Crippen molar-refractivity contribution in [2.45, 2.75) is 33.2 Å². The van der Waals surface area contributed by atoms with Crippen LogP contribution in [0.4, 0.5) is 4.39 Å². The van der Waals surface area contributed by atoms with E-state index in [1.807, 2.05) is 6.07 Å². The molecule has 2 aromatic carbocycles. The molecule has 0 aromatic heterocycles. The molecule has 0 fully saturated rings. The van der Waals surface area contributed by atoms with Crippen LogP contribution in [0.2, 0.25) is 0 Å². The van der Waals surface area contributed by atoms with Gasteiger partial charge in [-0.2, -0.15) is 0 Å². The molecule has 21 heavy (non-hydrogen) atoms. The molecule has 2 rings (SSSR count). The molecule has 0 saturated heterocycles. The SMILES string of the molecule is CCNC(Cc1c(C)cccc1C)c1cccc(F)c1Br. The third-order valence-corrected chi connectivity index (χ3v) is 4.70. The Hall–Kier alpha value is -1.19. The standard InChI is InChI=1S/C18H21BrFN/c1-4-21-17(14-9-6-10-16(20)18(14)19)11-15-12(2)7-5-8-13(15)3/h5-10,17,21H,4,11H2,1-3H3. The van der Waals surface area contributed by atoms with Gasteiger partial charge < -0.3 is 5.32 Å². The van der Waals surface area contributed by atoms with Gasteiger partial charge in [-0.3, -0.25) is 0 Å². The molecular weight excluding hydrogens is 329 g/mol. The highest BCUT2D eigenvalue weighted by molar-refractivity contribution is 9.10. The van der Waals surface area contributed by atoms with E-state index < -0.39 is 0 Å². The highest BCUT2D eigenvalue weighted by Crippen LogP contribution is 2.30. The van der Waals surface area contributed by atoms with E-state index in [0.29, 0.717) is 4.47 Å².